The van der Waals surface area contributed by atoms with Crippen LogP contribution in [0.15, 0.2) is 71.8 Å². The van der Waals surface area contributed by atoms with Crippen LogP contribution < -0.4 is 10.5 Å². The van der Waals surface area contributed by atoms with Gasteiger partial charge >= 0.3 is 0 Å². The number of fused-ring (bicyclic) bond motifs is 2. The van der Waals surface area contributed by atoms with Crippen molar-refractivity contribution in [2.45, 2.75) is 51.5 Å². The Morgan fingerprint density at radius 2 is 1.65 bits per heavy atom. The van der Waals surface area contributed by atoms with Gasteiger partial charge in [-0.05, 0) is 46.9 Å². The molecule has 1 aliphatic carbocycles. The molecule has 1 fully saturated rings. The molecule has 6 rings (SSSR count). The Labute approximate surface area is 217 Å². The molecule has 37 heavy (non-hydrogen) atoms. The first-order valence-corrected chi connectivity index (χ1v) is 13.5. The number of pyridine rings is 1. The van der Waals surface area contributed by atoms with E-state index in [9.17, 15) is 9.59 Å². The van der Waals surface area contributed by atoms with E-state index in [1.165, 1.54) is 19.3 Å². The zero-order valence-electron chi connectivity index (χ0n) is 21.1. The van der Waals surface area contributed by atoms with Gasteiger partial charge in [0.15, 0.2) is 5.78 Å². The molecule has 0 amide bonds. The van der Waals surface area contributed by atoms with Gasteiger partial charge in [0.1, 0.15) is 0 Å². The van der Waals surface area contributed by atoms with Gasteiger partial charge in [-0.25, -0.2) is 4.98 Å². The lowest BCUT2D eigenvalue weighted by Crippen LogP contribution is -2.42. The first-order valence-electron chi connectivity index (χ1n) is 13.5. The number of hydrogen-bond acceptors (Lipinski definition) is 5. The van der Waals surface area contributed by atoms with E-state index in [0.717, 1.165) is 47.7 Å². The third kappa shape index (κ3) is 4.80. The summed E-state index contributed by atoms with van der Waals surface area (Å²) in [4.78, 5) is 38.4. The quantitative estimate of drug-likeness (QED) is 0.336. The van der Waals surface area contributed by atoms with Crippen molar-refractivity contribution >= 4 is 22.5 Å². The number of Topliss-reactive ketones (excluding diaryl/α,β-unsaturated/α-hetero) is 1. The van der Waals surface area contributed by atoms with E-state index in [4.69, 9.17) is 4.98 Å². The number of rotatable bonds is 6. The van der Waals surface area contributed by atoms with E-state index in [0.29, 0.717) is 42.6 Å². The van der Waals surface area contributed by atoms with Crippen molar-refractivity contribution < 1.29 is 4.79 Å². The van der Waals surface area contributed by atoms with E-state index < -0.39 is 0 Å². The van der Waals surface area contributed by atoms with Gasteiger partial charge in [-0.3, -0.25) is 19.1 Å². The van der Waals surface area contributed by atoms with Crippen molar-refractivity contribution in [1.29, 1.82) is 0 Å². The Kier molecular flexibility index (Phi) is 6.56. The topological polar surface area (TPSA) is 68.1 Å². The predicted molar refractivity (Wildman–Crippen MR) is 148 cm³/mol. The first kappa shape index (κ1) is 23.6. The van der Waals surface area contributed by atoms with Gasteiger partial charge in [0.2, 0.25) is 5.95 Å². The van der Waals surface area contributed by atoms with E-state index in [2.05, 4.69) is 29.2 Å². The van der Waals surface area contributed by atoms with Crippen LogP contribution in [0.5, 0.6) is 0 Å². The number of carbonyl (C=O) groups excluding carboxylic acids is 1. The van der Waals surface area contributed by atoms with Crippen molar-refractivity contribution in [3.63, 3.8) is 0 Å². The Morgan fingerprint density at radius 3 is 2.46 bits per heavy atom. The SMILES string of the molecule is O=C(CC1CCCCC1)CN1CCCn2c1nc(-c1ccncc1)c(-c1ccc3ccccc3c1)c2=O. The average molecular weight is 493 g/mol. The largest absolute Gasteiger partial charge is 0.335 e. The molecule has 2 aromatic carbocycles. The van der Waals surface area contributed by atoms with Gasteiger partial charge in [0.05, 0.1) is 17.8 Å². The summed E-state index contributed by atoms with van der Waals surface area (Å²) in [6.07, 6.45) is 11.0. The highest BCUT2D eigenvalue weighted by Gasteiger charge is 2.27. The van der Waals surface area contributed by atoms with Crippen molar-refractivity contribution in [1.82, 2.24) is 14.5 Å². The molecule has 0 atom stereocenters. The molecule has 0 radical (unpaired) electrons. The van der Waals surface area contributed by atoms with E-state index in [-0.39, 0.29) is 11.3 Å². The third-order valence-corrected chi connectivity index (χ3v) is 7.84. The van der Waals surface area contributed by atoms with E-state index >= 15 is 0 Å². The first-order chi connectivity index (χ1) is 18.2. The second kappa shape index (κ2) is 10.3. The summed E-state index contributed by atoms with van der Waals surface area (Å²) in [5, 5.41) is 2.21. The van der Waals surface area contributed by atoms with Gasteiger partial charge < -0.3 is 4.90 Å². The maximum Gasteiger partial charge on any atom is 0.263 e. The van der Waals surface area contributed by atoms with Crippen molar-refractivity contribution in [2.24, 2.45) is 5.92 Å². The van der Waals surface area contributed by atoms with Crippen LogP contribution in [0.3, 0.4) is 0 Å². The minimum Gasteiger partial charge on any atom is -0.335 e. The van der Waals surface area contributed by atoms with Crippen LogP contribution in [-0.2, 0) is 11.3 Å². The van der Waals surface area contributed by atoms with Crippen LogP contribution in [0.25, 0.3) is 33.2 Å². The third-order valence-electron chi connectivity index (χ3n) is 7.84. The summed E-state index contributed by atoms with van der Waals surface area (Å²) in [6, 6.07) is 18.1. The second-order valence-corrected chi connectivity index (χ2v) is 10.4. The Hall–Kier alpha value is -3.80. The molecule has 0 bridgehead atoms. The highest BCUT2D eigenvalue weighted by atomic mass is 16.1. The number of nitrogens with zero attached hydrogens (tertiary/aromatic N) is 4. The highest BCUT2D eigenvalue weighted by Crippen LogP contribution is 2.33. The molecule has 1 aliphatic heterocycles. The normalized spacial score (nSPS) is 16.1. The Morgan fingerprint density at radius 1 is 0.865 bits per heavy atom. The highest BCUT2D eigenvalue weighted by molar-refractivity contribution is 5.90. The summed E-state index contributed by atoms with van der Waals surface area (Å²) < 4.78 is 1.77. The van der Waals surface area contributed by atoms with Crippen LogP contribution >= 0.6 is 0 Å². The minimum atomic E-state index is -0.0588. The second-order valence-electron chi connectivity index (χ2n) is 10.4. The Balaban J connectivity index is 1.42. The van der Waals surface area contributed by atoms with Gasteiger partial charge in [0, 0.05) is 37.5 Å². The number of anilines is 1. The number of benzene rings is 2. The molecule has 0 saturated heterocycles. The molecular weight excluding hydrogens is 460 g/mol. The summed E-state index contributed by atoms with van der Waals surface area (Å²) in [5.41, 5.74) is 2.87. The summed E-state index contributed by atoms with van der Waals surface area (Å²) in [7, 11) is 0. The maximum absolute atomic E-state index is 14.1. The van der Waals surface area contributed by atoms with E-state index in [1.54, 1.807) is 17.0 Å². The van der Waals surface area contributed by atoms with Crippen molar-refractivity contribution in [3.8, 4) is 22.4 Å². The predicted octanol–water partition coefficient (Wildman–Crippen LogP) is 5.88. The fourth-order valence-electron chi connectivity index (χ4n) is 5.97. The van der Waals surface area contributed by atoms with Crippen molar-refractivity contribution in [3.05, 3.63) is 77.3 Å². The van der Waals surface area contributed by atoms with Crippen LogP contribution in [0.4, 0.5) is 5.95 Å². The molecule has 0 N–H and O–H groups in total. The standard InChI is InChI=1S/C31H32N4O2/c36-27(19-22-7-2-1-3-8-22)21-34-17-6-18-35-30(37)28(26-12-11-23-9-4-5-10-25(23)20-26)29(33-31(34)35)24-13-15-32-16-14-24/h4-5,9-16,20,22H,1-3,6-8,17-19,21H2. The van der Waals surface area contributed by atoms with Crippen LogP contribution in [0.1, 0.15) is 44.9 Å². The zero-order chi connectivity index (χ0) is 25.2. The molecular formula is C31H32N4O2. The molecule has 4 aromatic rings. The lowest BCUT2D eigenvalue weighted by atomic mass is 9.86. The fraction of sp³-hybridized carbons (Fsp3) is 0.355. The van der Waals surface area contributed by atoms with Crippen LogP contribution in [0, 0.1) is 5.92 Å². The molecule has 2 aliphatic rings. The summed E-state index contributed by atoms with van der Waals surface area (Å²) >= 11 is 0. The number of carbonyl (C=O) groups is 1. The Bertz CT molecular complexity index is 1490. The molecule has 0 unspecified atom stereocenters. The lowest BCUT2D eigenvalue weighted by molar-refractivity contribution is -0.118. The van der Waals surface area contributed by atoms with Crippen LogP contribution in [-0.4, -0.2) is 33.4 Å². The van der Waals surface area contributed by atoms with Crippen molar-refractivity contribution in [2.75, 3.05) is 18.0 Å². The van der Waals surface area contributed by atoms with Gasteiger partial charge in [-0.2, -0.15) is 0 Å². The van der Waals surface area contributed by atoms with Crippen LogP contribution in [0.2, 0.25) is 0 Å². The smallest absolute Gasteiger partial charge is 0.263 e. The molecule has 1 saturated carbocycles. The minimum absolute atomic E-state index is 0.0588. The molecule has 6 nitrogen and oxygen atoms in total. The fourth-order valence-corrected chi connectivity index (χ4v) is 5.97. The molecule has 3 heterocycles. The maximum atomic E-state index is 14.1. The number of hydrogen-bond donors (Lipinski definition) is 0. The average Bonchev–Trinajstić information content (AvgIpc) is 2.94. The molecule has 0 spiro atoms. The monoisotopic (exact) mass is 492 g/mol. The molecule has 188 valence electrons. The van der Waals surface area contributed by atoms with Gasteiger partial charge in [-0.15, -0.1) is 0 Å². The summed E-state index contributed by atoms with van der Waals surface area (Å²) in [5.74, 6) is 1.35. The van der Waals surface area contributed by atoms with E-state index in [1.807, 2.05) is 35.2 Å². The van der Waals surface area contributed by atoms with Gasteiger partial charge in [-0.1, -0.05) is 68.5 Å². The van der Waals surface area contributed by atoms with Gasteiger partial charge in [0.25, 0.3) is 5.56 Å². The summed E-state index contributed by atoms with van der Waals surface area (Å²) in [6.45, 7) is 1.65. The lowest BCUT2D eigenvalue weighted by Gasteiger charge is -2.32. The zero-order valence-corrected chi connectivity index (χ0v) is 21.1. The number of ketones is 1. The molecule has 6 heteroatoms. The molecule has 2 aromatic heterocycles. The number of aromatic nitrogens is 3.